The summed E-state index contributed by atoms with van der Waals surface area (Å²) >= 11 is 0. The minimum absolute atomic E-state index is 0.0635. The Labute approximate surface area is 406 Å². The maximum Gasteiger partial charge on any atom is 0.306 e. The predicted molar refractivity (Wildman–Crippen MR) is 279 cm³/mol. The largest absolute Gasteiger partial charge is 0.462 e. The Bertz CT molecular complexity index is 1010. The number of hydrogen-bond acceptors (Lipinski definition) is 6. The van der Waals surface area contributed by atoms with Gasteiger partial charge in [-0.25, -0.2) is 0 Å². The van der Waals surface area contributed by atoms with Gasteiger partial charge in [0.25, 0.3) is 0 Å². The molecule has 386 valence electrons. The topological polar surface area (TPSA) is 78.9 Å². The first-order valence-electron chi connectivity index (χ1n) is 29.1. The van der Waals surface area contributed by atoms with Gasteiger partial charge in [0.2, 0.25) is 0 Å². The van der Waals surface area contributed by atoms with E-state index in [4.69, 9.17) is 14.2 Å². The fourth-order valence-electron chi connectivity index (χ4n) is 9.00. The van der Waals surface area contributed by atoms with Crippen LogP contribution < -0.4 is 0 Å². The smallest absolute Gasteiger partial charge is 0.306 e. The Hall–Kier alpha value is -1.59. The van der Waals surface area contributed by atoms with Crippen LogP contribution in [0.4, 0.5) is 0 Å². The van der Waals surface area contributed by atoms with Crippen LogP contribution in [0, 0.1) is 17.8 Å². The highest BCUT2D eigenvalue weighted by atomic mass is 16.6. The molecule has 0 aromatic heterocycles. The van der Waals surface area contributed by atoms with Gasteiger partial charge in [-0.3, -0.25) is 14.4 Å². The summed E-state index contributed by atoms with van der Waals surface area (Å²) in [6.07, 6.45) is 52.4. The number of carbonyl (C=O) groups excluding carboxylic acids is 3. The van der Waals surface area contributed by atoms with Crippen molar-refractivity contribution in [2.45, 2.75) is 330 Å². The third-order valence-electron chi connectivity index (χ3n) is 13.4. The number of ether oxygens (including phenoxy) is 3. The van der Waals surface area contributed by atoms with Gasteiger partial charge in [-0.15, -0.1) is 0 Å². The van der Waals surface area contributed by atoms with Crippen LogP contribution in [0.2, 0.25) is 0 Å². The van der Waals surface area contributed by atoms with Crippen molar-refractivity contribution in [2.75, 3.05) is 13.2 Å². The Morgan fingerprint density at radius 3 is 0.662 bits per heavy atom. The predicted octanol–water partition coefficient (Wildman–Crippen LogP) is 19.1. The van der Waals surface area contributed by atoms with Gasteiger partial charge in [0, 0.05) is 19.3 Å². The summed E-state index contributed by atoms with van der Waals surface area (Å²) < 4.78 is 16.9. The van der Waals surface area contributed by atoms with Crippen LogP contribution in [0.1, 0.15) is 324 Å². The van der Waals surface area contributed by atoms with E-state index in [9.17, 15) is 14.4 Å². The molecule has 0 amide bonds. The van der Waals surface area contributed by atoms with Crippen molar-refractivity contribution in [1.29, 1.82) is 0 Å². The van der Waals surface area contributed by atoms with Gasteiger partial charge in [-0.1, -0.05) is 286 Å². The van der Waals surface area contributed by atoms with Crippen LogP contribution in [-0.4, -0.2) is 37.2 Å². The molecule has 0 heterocycles. The van der Waals surface area contributed by atoms with Crippen LogP contribution in [0.3, 0.4) is 0 Å². The summed E-state index contributed by atoms with van der Waals surface area (Å²) in [4.78, 5) is 38.1. The second-order valence-corrected chi connectivity index (χ2v) is 21.7. The molecule has 0 rings (SSSR count). The third kappa shape index (κ3) is 53.2. The molecule has 0 N–H and O–H groups in total. The fraction of sp³-hybridized carbons (Fsp3) is 0.949. The summed E-state index contributed by atoms with van der Waals surface area (Å²) in [5.74, 6) is 1.66. The van der Waals surface area contributed by atoms with Gasteiger partial charge in [-0.2, -0.15) is 0 Å². The average molecular weight is 920 g/mol. The van der Waals surface area contributed by atoms with Gasteiger partial charge >= 0.3 is 17.9 Å². The lowest BCUT2D eigenvalue weighted by Crippen LogP contribution is -2.30. The van der Waals surface area contributed by atoms with E-state index in [1.165, 1.54) is 205 Å². The molecule has 65 heavy (non-hydrogen) atoms. The number of unbranched alkanes of at least 4 members (excludes halogenated alkanes) is 35. The minimum atomic E-state index is -0.764. The molecule has 0 fully saturated rings. The van der Waals surface area contributed by atoms with Crippen LogP contribution in [0.25, 0.3) is 0 Å². The van der Waals surface area contributed by atoms with E-state index >= 15 is 0 Å². The van der Waals surface area contributed by atoms with Gasteiger partial charge in [0.05, 0.1) is 0 Å². The zero-order valence-corrected chi connectivity index (χ0v) is 44.8. The summed E-state index contributed by atoms with van der Waals surface area (Å²) in [7, 11) is 0. The van der Waals surface area contributed by atoms with Crippen molar-refractivity contribution in [3.8, 4) is 0 Å². The molecule has 0 aromatic carbocycles. The summed E-state index contributed by atoms with van der Waals surface area (Å²) in [5.41, 5.74) is 0. The molecule has 0 spiro atoms. The maximum absolute atomic E-state index is 12.8. The van der Waals surface area contributed by atoms with E-state index < -0.39 is 6.10 Å². The van der Waals surface area contributed by atoms with E-state index in [1.807, 2.05) is 0 Å². The zero-order valence-electron chi connectivity index (χ0n) is 44.8. The van der Waals surface area contributed by atoms with Crippen molar-refractivity contribution in [3.05, 3.63) is 0 Å². The van der Waals surface area contributed by atoms with E-state index in [0.29, 0.717) is 19.3 Å². The SMILES string of the molecule is CC(C)CCCCCCCCCCCCCCCCCC(=O)OC[C@H](COC(=O)CCCCCCCCCCCCCC(C)C)OC(=O)CCCCCCCCCCCCCCC(C)C. The van der Waals surface area contributed by atoms with Gasteiger partial charge < -0.3 is 14.2 Å². The van der Waals surface area contributed by atoms with Gasteiger partial charge in [-0.05, 0) is 37.0 Å². The molecule has 6 heteroatoms. The number of carbonyl (C=O) groups is 3. The molecule has 0 aliphatic carbocycles. The molecule has 6 nitrogen and oxygen atoms in total. The first-order chi connectivity index (χ1) is 31.6. The van der Waals surface area contributed by atoms with Crippen molar-refractivity contribution in [3.63, 3.8) is 0 Å². The van der Waals surface area contributed by atoms with E-state index in [2.05, 4.69) is 41.5 Å². The number of rotatable bonds is 52. The molecule has 0 aromatic rings. The second-order valence-electron chi connectivity index (χ2n) is 21.7. The quantitative estimate of drug-likeness (QED) is 0.0344. The van der Waals surface area contributed by atoms with Crippen molar-refractivity contribution in [2.24, 2.45) is 17.8 Å². The van der Waals surface area contributed by atoms with Crippen molar-refractivity contribution in [1.82, 2.24) is 0 Å². The Morgan fingerprint density at radius 1 is 0.262 bits per heavy atom. The average Bonchev–Trinajstić information content (AvgIpc) is 3.26. The van der Waals surface area contributed by atoms with Crippen LogP contribution >= 0.6 is 0 Å². The van der Waals surface area contributed by atoms with Gasteiger partial charge in [0.15, 0.2) is 6.10 Å². The van der Waals surface area contributed by atoms with Crippen LogP contribution in [0.15, 0.2) is 0 Å². The fourth-order valence-corrected chi connectivity index (χ4v) is 9.00. The Morgan fingerprint density at radius 2 is 0.446 bits per heavy atom. The summed E-state index contributed by atoms with van der Waals surface area (Å²) in [6, 6.07) is 0. The molecule has 0 aliphatic heterocycles. The molecule has 0 radical (unpaired) electrons. The molecule has 0 bridgehead atoms. The lowest BCUT2D eigenvalue weighted by molar-refractivity contribution is -0.167. The number of hydrogen-bond donors (Lipinski definition) is 0. The van der Waals surface area contributed by atoms with Gasteiger partial charge in [0.1, 0.15) is 13.2 Å². The third-order valence-corrected chi connectivity index (χ3v) is 13.4. The van der Waals surface area contributed by atoms with Crippen LogP contribution in [0.5, 0.6) is 0 Å². The monoisotopic (exact) mass is 919 g/mol. The molecule has 0 aliphatic rings. The highest BCUT2D eigenvalue weighted by Gasteiger charge is 2.19. The van der Waals surface area contributed by atoms with E-state index in [0.717, 1.165) is 75.5 Å². The first kappa shape index (κ1) is 63.4. The lowest BCUT2D eigenvalue weighted by Gasteiger charge is -2.18. The Kier molecular flexibility index (Phi) is 49.1. The van der Waals surface area contributed by atoms with Crippen molar-refractivity contribution >= 4 is 17.9 Å². The molecule has 0 unspecified atom stereocenters. The van der Waals surface area contributed by atoms with Crippen molar-refractivity contribution < 1.29 is 28.6 Å². The summed E-state index contributed by atoms with van der Waals surface area (Å²) in [5, 5.41) is 0. The van der Waals surface area contributed by atoms with Crippen LogP contribution in [-0.2, 0) is 28.6 Å². The lowest BCUT2D eigenvalue weighted by atomic mass is 10.0. The van der Waals surface area contributed by atoms with E-state index in [-0.39, 0.29) is 31.1 Å². The standard InChI is InChI=1S/C59H114O6/c1-53(2)45-39-33-27-21-15-10-8-7-9-11-18-24-30-36-42-48-57(60)63-51-56(52-64-58(61)49-43-37-31-25-20-14-17-23-29-35-41-47-55(5)6)65-59(62)50-44-38-32-26-19-13-12-16-22-28-34-40-46-54(3)4/h53-56H,7-52H2,1-6H3/t56-/m1/s1. The molecule has 0 saturated carbocycles. The highest BCUT2D eigenvalue weighted by molar-refractivity contribution is 5.71. The minimum Gasteiger partial charge on any atom is -0.462 e. The molecular weight excluding hydrogens is 805 g/mol. The zero-order chi connectivity index (χ0) is 47.7. The summed E-state index contributed by atoms with van der Waals surface area (Å²) in [6.45, 7) is 13.8. The molecule has 1 atom stereocenters. The molecule has 0 saturated heterocycles. The highest BCUT2D eigenvalue weighted by Crippen LogP contribution is 2.18. The second kappa shape index (κ2) is 50.3. The maximum atomic E-state index is 12.8. The Balaban J connectivity index is 4.30. The number of esters is 3. The first-order valence-corrected chi connectivity index (χ1v) is 29.1. The van der Waals surface area contributed by atoms with E-state index in [1.54, 1.807) is 0 Å². The molecular formula is C59H114O6. The normalized spacial score (nSPS) is 12.1.